The van der Waals surface area contributed by atoms with Crippen LogP contribution in [0.5, 0.6) is 0 Å². The maximum absolute atomic E-state index is 3.72. The maximum atomic E-state index is 3.72. The fourth-order valence-corrected chi connectivity index (χ4v) is 0.603. The third-order valence-corrected chi connectivity index (χ3v) is 1.19. The lowest BCUT2D eigenvalue weighted by Gasteiger charge is -2.04. The predicted octanol–water partition coefficient (Wildman–Crippen LogP) is 2.41. The summed E-state index contributed by atoms with van der Waals surface area (Å²) in [5.41, 5.74) is 2.07. The van der Waals surface area contributed by atoms with Crippen molar-refractivity contribution in [1.82, 2.24) is 5.32 Å². The summed E-state index contributed by atoms with van der Waals surface area (Å²) in [6.45, 7) is 13.7. The SMILES string of the molecule is C=C/C=C(\C=C)CNC(=C)C. The average molecular weight is 149 g/mol. The number of allylic oxidation sites excluding steroid dienone is 3. The molecule has 60 valence electrons. The predicted molar refractivity (Wildman–Crippen MR) is 51.3 cm³/mol. The normalized spacial score (nSPS) is 10.5. The highest BCUT2D eigenvalue weighted by Gasteiger charge is 1.87. The number of hydrogen-bond acceptors (Lipinski definition) is 1. The average Bonchev–Trinajstić information content (AvgIpc) is 1.97. The van der Waals surface area contributed by atoms with Crippen molar-refractivity contribution in [2.24, 2.45) is 0 Å². The molecule has 0 saturated carbocycles. The second-order valence-electron chi connectivity index (χ2n) is 2.32. The molecule has 0 atom stereocenters. The van der Waals surface area contributed by atoms with Gasteiger partial charge in [-0.3, -0.25) is 0 Å². The van der Waals surface area contributed by atoms with Crippen LogP contribution in [0, 0.1) is 0 Å². The van der Waals surface area contributed by atoms with Crippen LogP contribution in [0.25, 0.3) is 0 Å². The lowest BCUT2D eigenvalue weighted by molar-refractivity contribution is 0.889. The van der Waals surface area contributed by atoms with E-state index in [1.54, 1.807) is 12.2 Å². The molecule has 0 heterocycles. The van der Waals surface area contributed by atoms with Crippen molar-refractivity contribution in [1.29, 1.82) is 0 Å². The van der Waals surface area contributed by atoms with Crippen molar-refractivity contribution >= 4 is 0 Å². The van der Waals surface area contributed by atoms with Crippen LogP contribution in [0.4, 0.5) is 0 Å². The highest BCUT2D eigenvalue weighted by atomic mass is 14.9. The van der Waals surface area contributed by atoms with Crippen molar-refractivity contribution < 1.29 is 0 Å². The van der Waals surface area contributed by atoms with Gasteiger partial charge in [0, 0.05) is 12.2 Å². The van der Waals surface area contributed by atoms with Crippen LogP contribution in [-0.2, 0) is 0 Å². The molecular formula is C10H15N. The van der Waals surface area contributed by atoms with Crippen LogP contribution in [-0.4, -0.2) is 6.54 Å². The third-order valence-electron chi connectivity index (χ3n) is 1.19. The van der Waals surface area contributed by atoms with Gasteiger partial charge in [-0.25, -0.2) is 0 Å². The summed E-state index contributed by atoms with van der Waals surface area (Å²) in [5.74, 6) is 0. The second-order valence-corrected chi connectivity index (χ2v) is 2.32. The minimum Gasteiger partial charge on any atom is -0.385 e. The van der Waals surface area contributed by atoms with Gasteiger partial charge in [0.15, 0.2) is 0 Å². The maximum Gasteiger partial charge on any atom is 0.0397 e. The Balaban J connectivity index is 3.88. The number of rotatable bonds is 5. The van der Waals surface area contributed by atoms with Crippen molar-refractivity contribution in [2.45, 2.75) is 6.92 Å². The van der Waals surface area contributed by atoms with Gasteiger partial charge >= 0.3 is 0 Å². The Morgan fingerprint density at radius 3 is 2.45 bits per heavy atom. The van der Waals surface area contributed by atoms with Gasteiger partial charge in [0.25, 0.3) is 0 Å². The first-order valence-electron chi connectivity index (χ1n) is 3.54. The molecule has 11 heavy (non-hydrogen) atoms. The van der Waals surface area contributed by atoms with Crippen molar-refractivity contribution in [3.8, 4) is 0 Å². The highest BCUT2D eigenvalue weighted by molar-refractivity contribution is 5.23. The molecule has 0 saturated heterocycles. The van der Waals surface area contributed by atoms with Crippen LogP contribution in [0.1, 0.15) is 6.92 Å². The van der Waals surface area contributed by atoms with Gasteiger partial charge in [-0.2, -0.15) is 0 Å². The first-order valence-corrected chi connectivity index (χ1v) is 3.54. The lowest BCUT2D eigenvalue weighted by atomic mass is 10.2. The minimum absolute atomic E-state index is 0.769. The van der Waals surface area contributed by atoms with E-state index in [-0.39, 0.29) is 0 Å². The Labute approximate surface area is 68.8 Å². The summed E-state index contributed by atoms with van der Waals surface area (Å²) >= 11 is 0. The van der Waals surface area contributed by atoms with Crippen LogP contribution in [0.15, 0.2) is 49.2 Å². The molecular weight excluding hydrogens is 134 g/mol. The summed E-state index contributed by atoms with van der Waals surface area (Å²) in [6, 6.07) is 0. The van der Waals surface area contributed by atoms with Gasteiger partial charge < -0.3 is 5.32 Å². The van der Waals surface area contributed by atoms with Gasteiger partial charge in [0.1, 0.15) is 0 Å². The molecule has 1 heteroatoms. The van der Waals surface area contributed by atoms with Crippen molar-refractivity contribution in [3.05, 3.63) is 49.2 Å². The third kappa shape index (κ3) is 5.22. The summed E-state index contributed by atoms with van der Waals surface area (Å²) in [4.78, 5) is 0. The standard InChI is InChI=1S/C10H15N/c1-5-7-10(6-2)8-11-9(3)4/h5-7,11H,1-3,8H2,4H3/b10-7+. The van der Waals surface area contributed by atoms with Crippen LogP contribution >= 0.6 is 0 Å². The fraction of sp³-hybridized carbons (Fsp3) is 0.200. The fourth-order valence-electron chi connectivity index (χ4n) is 0.603. The van der Waals surface area contributed by atoms with E-state index in [1.807, 2.05) is 13.0 Å². The molecule has 1 nitrogen and oxygen atoms in total. The molecule has 0 fully saturated rings. The molecule has 0 aliphatic heterocycles. The lowest BCUT2D eigenvalue weighted by Crippen LogP contribution is -2.12. The molecule has 0 spiro atoms. The van der Waals surface area contributed by atoms with E-state index in [1.165, 1.54) is 0 Å². The highest BCUT2D eigenvalue weighted by Crippen LogP contribution is 1.94. The van der Waals surface area contributed by atoms with E-state index < -0.39 is 0 Å². The monoisotopic (exact) mass is 149 g/mol. The zero-order valence-electron chi connectivity index (χ0n) is 7.06. The van der Waals surface area contributed by atoms with Crippen molar-refractivity contribution in [2.75, 3.05) is 6.54 Å². The van der Waals surface area contributed by atoms with E-state index in [9.17, 15) is 0 Å². The first kappa shape index (κ1) is 9.76. The first-order chi connectivity index (χ1) is 5.20. The summed E-state index contributed by atoms with van der Waals surface area (Å²) in [6.07, 6.45) is 5.47. The largest absolute Gasteiger partial charge is 0.385 e. The second kappa shape index (κ2) is 5.54. The minimum atomic E-state index is 0.769. The topological polar surface area (TPSA) is 12.0 Å². The van der Waals surface area contributed by atoms with E-state index >= 15 is 0 Å². The Bertz CT molecular complexity index is 187. The van der Waals surface area contributed by atoms with Gasteiger partial charge in [-0.05, 0) is 12.5 Å². The van der Waals surface area contributed by atoms with Crippen molar-refractivity contribution in [3.63, 3.8) is 0 Å². The molecule has 0 rings (SSSR count). The molecule has 0 unspecified atom stereocenters. The molecule has 0 radical (unpaired) electrons. The van der Waals surface area contributed by atoms with Gasteiger partial charge in [-0.1, -0.05) is 38.0 Å². The van der Waals surface area contributed by atoms with E-state index in [4.69, 9.17) is 0 Å². The van der Waals surface area contributed by atoms with Gasteiger partial charge in [0.05, 0.1) is 0 Å². The molecule has 0 aliphatic carbocycles. The Hall–Kier alpha value is -1.24. The molecule has 0 aromatic heterocycles. The van der Waals surface area contributed by atoms with E-state index in [2.05, 4.69) is 25.1 Å². The van der Waals surface area contributed by atoms with Crippen LogP contribution < -0.4 is 5.32 Å². The molecule has 0 aliphatic rings. The number of hydrogen-bond donors (Lipinski definition) is 1. The Kier molecular flexibility index (Phi) is 4.91. The van der Waals surface area contributed by atoms with Gasteiger partial charge in [0.2, 0.25) is 0 Å². The number of nitrogens with one attached hydrogen (secondary N) is 1. The van der Waals surface area contributed by atoms with Crippen LogP contribution in [0.3, 0.4) is 0 Å². The molecule has 0 aromatic rings. The molecule has 1 N–H and O–H groups in total. The summed E-state index contributed by atoms with van der Waals surface area (Å²) in [5, 5.41) is 3.10. The quantitative estimate of drug-likeness (QED) is 0.592. The smallest absolute Gasteiger partial charge is 0.0397 e. The van der Waals surface area contributed by atoms with Crippen LogP contribution in [0.2, 0.25) is 0 Å². The molecule has 0 bridgehead atoms. The Morgan fingerprint density at radius 1 is 1.45 bits per heavy atom. The van der Waals surface area contributed by atoms with E-state index in [0.717, 1.165) is 17.8 Å². The van der Waals surface area contributed by atoms with E-state index in [0.29, 0.717) is 0 Å². The zero-order valence-corrected chi connectivity index (χ0v) is 7.06. The molecule has 0 amide bonds. The van der Waals surface area contributed by atoms with Gasteiger partial charge in [-0.15, -0.1) is 0 Å². The summed E-state index contributed by atoms with van der Waals surface area (Å²) < 4.78 is 0. The summed E-state index contributed by atoms with van der Waals surface area (Å²) in [7, 11) is 0. The zero-order chi connectivity index (χ0) is 8.69. The molecule has 0 aromatic carbocycles. The Morgan fingerprint density at radius 2 is 2.09 bits per heavy atom.